The summed E-state index contributed by atoms with van der Waals surface area (Å²) in [6, 6.07) is 5.14. The molecule has 1 saturated heterocycles. The number of hydrogen-bond donors (Lipinski definition) is 2. The average Bonchev–Trinajstić information content (AvgIpc) is 2.44. The molecule has 0 spiro atoms. The molecule has 4 nitrogen and oxygen atoms in total. The highest BCUT2D eigenvalue weighted by atomic mass is 35.5. The third-order valence-electron chi connectivity index (χ3n) is 3.63. The van der Waals surface area contributed by atoms with Crippen LogP contribution >= 0.6 is 23.2 Å². The van der Waals surface area contributed by atoms with Crippen molar-refractivity contribution in [2.75, 3.05) is 45.9 Å². The van der Waals surface area contributed by atoms with Gasteiger partial charge in [-0.05, 0) is 18.2 Å². The molecular formula is C14H20Cl2N2O2. The van der Waals surface area contributed by atoms with Crippen LogP contribution < -0.4 is 0 Å². The maximum absolute atomic E-state index is 10.3. The van der Waals surface area contributed by atoms with Crippen LogP contribution in [-0.2, 0) is 0 Å². The molecule has 20 heavy (non-hydrogen) atoms. The van der Waals surface area contributed by atoms with E-state index >= 15 is 0 Å². The normalized spacial score (nSPS) is 19.2. The second-order valence-corrected chi connectivity index (χ2v) is 5.89. The van der Waals surface area contributed by atoms with Gasteiger partial charge in [0.15, 0.2) is 0 Å². The zero-order chi connectivity index (χ0) is 14.5. The molecule has 0 amide bonds. The Hall–Kier alpha value is -0.360. The van der Waals surface area contributed by atoms with Gasteiger partial charge in [0.25, 0.3) is 0 Å². The summed E-state index contributed by atoms with van der Waals surface area (Å²) >= 11 is 12.0. The predicted molar refractivity (Wildman–Crippen MR) is 81.4 cm³/mol. The highest BCUT2D eigenvalue weighted by Crippen LogP contribution is 2.27. The Labute approximate surface area is 129 Å². The molecule has 0 radical (unpaired) electrons. The third-order valence-corrected chi connectivity index (χ3v) is 4.21. The minimum atomic E-state index is -0.634. The molecule has 0 saturated carbocycles. The van der Waals surface area contributed by atoms with Crippen LogP contribution in [0.25, 0.3) is 0 Å². The van der Waals surface area contributed by atoms with Crippen molar-refractivity contribution in [3.63, 3.8) is 0 Å². The molecule has 1 heterocycles. The van der Waals surface area contributed by atoms with E-state index in [-0.39, 0.29) is 6.61 Å². The molecule has 1 aromatic carbocycles. The van der Waals surface area contributed by atoms with Gasteiger partial charge in [-0.25, -0.2) is 0 Å². The molecule has 0 unspecified atom stereocenters. The minimum Gasteiger partial charge on any atom is -0.395 e. The molecule has 1 aliphatic rings. The fourth-order valence-electron chi connectivity index (χ4n) is 2.45. The van der Waals surface area contributed by atoms with Gasteiger partial charge in [0.2, 0.25) is 0 Å². The van der Waals surface area contributed by atoms with Crippen molar-refractivity contribution in [1.82, 2.24) is 9.80 Å². The lowest BCUT2D eigenvalue weighted by Gasteiger charge is -2.35. The van der Waals surface area contributed by atoms with Gasteiger partial charge in [0, 0.05) is 54.9 Å². The first-order valence-corrected chi connectivity index (χ1v) is 7.54. The maximum atomic E-state index is 10.3. The van der Waals surface area contributed by atoms with E-state index in [0.29, 0.717) is 22.2 Å². The predicted octanol–water partition coefficient (Wildman–Crippen LogP) is 1.64. The van der Waals surface area contributed by atoms with E-state index in [4.69, 9.17) is 28.3 Å². The van der Waals surface area contributed by atoms with E-state index in [2.05, 4.69) is 9.80 Å². The van der Waals surface area contributed by atoms with Crippen molar-refractivity contribution in [2.24, 2.45) is 0 Å². The molecule has 6 heteroatoms. The molecular weight excluding hydrogens is 299 g/mol. The SMILES string of the molecule is OCCN1CCN(C[C@H](O)c2cc(Cl)ccc2Cl)CC1. The van der Waals surface area contributed by atoms with E-state index in [1.54, 1.807) is 18.2 Å². The lowest BCUT2D eigenvalue weighted by atomic mass is 10.1. The van der Waals surface area contributed by atoms with Crippen LogP contribution in [0.3, 0.4) is 0 Å². The van der Waals surface area contributed by atoms with Gasteiger partial charge in [-0.15, -0.1) is 0 Å². The number of piperazine rings is 1. The molecule has 0 aromatic heterocycles. The van der Waals surface area contributed by atoms with E-state index in [1.807, 2.05) is 0 Å². The van der Waals surface area contributed by atoms with Crippen LogP contribution in [0.2, 0.25) is 10.0 Å². The van der Waals surface area contributed by atoms with Gasteiger partial charge in [-0.2, -0.15) is 0 Å². The monoisotopic (exact) mass is 318 g/mol. The van der Waals surface area contributed by atoms with Crippen molar-refractivity contribution < 1.29 is 10.2 Å². The number of rotatable bonds is 5. The number of nitrogens with zero attached hydrogens (tertiary/aromatic N) is 2. The Morgan fingerprint density at radius 3 is 2.40 bits per heavy atom. The Balaban J connectivity index is 1.89. The molecule has 0 aliphatic carbocycles. The summed E-state index contributed by atoms with van der Waals surface area (Å²) in [5, 5.41) is 20.3. The first kappa shape index (κ1) is 16.0. The van der Waals surface area contributed by atoms with Crippen LogP contribution in [0.5, 0.6) is 0 Å². The van der Waals surface area contributed by atoms with Crippen LogP contribution in [-0.4, -0.2) is 65.9 Å². The van der Waals surface area contributed by atoms with E-state index in [1.165, 1.54) is 0 Å². The smallest absolute Gasteiger partial charge is 0.0931 e. The summed E-state index contributed by atoms with van der Waals surface area (Å²) in [4.78, 5) is 4.42. The van der Waals surface area contributed by atoms with Crippen molar-refractivity contribution in [3.05, 3.63) is 33.8 Å². The zero-order valence-electron chi connectivity index (χ0n) is 11.3. The van der Waals surface area contributed by atoms with Crippen LogP contribution in [0, 0.1) is 0 Å². The first-order chi connectivity index (χ1) is 9.60. The Kier molecular flexibility index (Phi) is 6.08. The average molecular weight is 319 g/mol. The fraction of sp³-hybridized carbons (Fsp3) is 0.571. The summed E-state index contributed by atoms with van der Waals surface area (Å²) in [6.45, 7) is 5.06. The van der Waals surface area contributed by atoms with Gasteiger partial charge in [-0.1, -0.05) is 23.2 Å². The van der Waals surface area contributed by atoms with Crippen LogP contribution in [0.4, 0.5) is 0 Å². The Morgan fingerprint density at radius 1 is 1.10 bits per heavy atom. The minimum absolute atomic E-state index is 0.195. The molecule has 1 fully saturated rings. The van der Waals surface area contributed by atoms with Crippen molar-refractivity contribution in [1.29, 1.82) is 0 Å². The number of aliphatic hydroxyl groups is 2. The number of halogens is 2. The number of benzene rings is 1. The van der Waals surface area contributed by atoms with Crippen molar-refractivity contribution in [2.45, 2.75) is 6.10 Å². The van der Waals surface area contributed by atoms with Gasteiger partial charge < -0.3 is 10.2 Å². The summed E-state index contributed by atoms with van der Waals surface area (Å²) in [5.74, 6) is 0. The van der Waals surface area contributed by atoms with Crippen molar-refractivity contribution in [3.8, 4) is 0 Å². The van der Waals surface area contributed by atoms with E-state index in [9.17, 15) is 5.11 Å². The third kappa shape index (κ3) is 4.32. The lowest BCUT2D eigenvalue weighted by Crippen LogP contribution is -2.48. The summed E-state index contributed by atoms with van der Waals surface area (Å²) in [6.07, 6.45) is -0.634. The summed E-state index contributed by atoms with van der Waals surface area (Å²) < 4.78 is 0. The molecule has 1 atom stereocenters. The largest absolute Gasteiger partial charge is 0.395 e. The molecule has 2 rings (SSSR count). The van der Waals surface area contributed by atoms with Gasteiger partial charge in [0.05, 0.1) is 12.7 Å². The second-order valence-electron chi connectivity index (χ2n) is 5.05. The van der Waals surface area contributed by atoms with Gasteiger partial charge >= 0.3 is 0 Å². The van der Waals surface area contributed by atoms with Crippen LogP contribution in [0.15, 0.2) is 18.2 Å². The first-order valence-electron chi connectivity index (χ1n) is 6.78. The summed E-state index contributed by atoms with van der Waals surface area (Å²) in [7, 11) is 0. The number of β-amino-alcohol motifs (C(OH)–C–C–N with tert-alkyl or cyclic N) is 2. The Morgan fingerprint density at radius 2 is 1.75 bits per heavy atom. The highest BCUT2D eigenvalue weighted by Gasteiger charge is 2.20. The second kappa shape index (κ2) is 7.59. The molecule has 112 valence electrons. The van der Waals surface area contributed by atoms with E-state index in [0.717, 1.165) is 32.7 Å². The fourth-order valence-corrected chi connectivity index (χ4v) is 2.87. The molecule has 0 bridgehead atoms. The van der Waals surface area contributed by atoms with Gasteiger partial charge in [0.1, 0.15) is 0 Å². The molecule has 2 N–H and O–H groups in total. The molecule has 1 aromatic rings. The van der Waals surface area contributed by atoms with Crippen LogP contribution in [0.1, 0.15) is 11.7 Å². The Bertz CT molecular complexity index is 437. The highest BCUT2D eigenvalue weighted by molar-refractivity contribution is 6.33. The number of aliphatic hydroxyl groups excluding tert-OH is 2. The zero-order valence-corrected chi connectivity index (χ0v) is 12.8. The van der Waals surface area contributed by atoms with E-state index < -0.39 is 6.10 Å². The standard InChI is InChI=1S/C14H20Cl2N2O2/c15-11-1-2-13(16)12(9-11)14(20)10-18-5-3-17(4-6-18)7-8-19/h1-2,9,14,19-20H,3-8,10H2/t14-/m0/s1. The number of hydrogen-bond acceptors (Lipinski definition) is 4. The summed E-state index contributed by atoms with van der Waals surface area (Å²) in [5.41, 5.74) is 0.678. The lowest BCUT2D eigenvalue weighted by molar-refractivity contribution is 0.0661. The topological polar surface area (TPSA) is 46.9 Å². The van der Waals surface area contributed by atoms with Crippen molar-refractivity contribution >= 4 is 23.2 Å². The molecule has 1 aliphatic heterocycles. The maximum Gasteiger partial charge on any atom is 0.0931 e. The van der Waals surface area contributed by atoms with Gasteiger partial charge in [-0.3, -0.25) is 9.80 Å². The quantitative estimate of drug-likeness (QED) is 0.866.